The largest absolute Gasteiger partial charge is 0.368 e. The third-order valence-electron chi connectivity index (χ3n) is 5.11. The van der Waals surface area contributed by atoms with Gasteiger partial charge in [-0.15, -0.1) is 5.10 Å². The summed E-state index contributed by atoms with van der Waals surface area (Å²) < 4.78 is 13.7. The lowest BCUT2D eigenvalue weighted by Crippen LogP contribution is -2.46. The van der Waals surface area contributed by atoms with Crippen LogP contribution in [0, 0.1) is 5.82 Å². The Morgan fingerprint density at radius 1 is 0.931 bits per heavy atom. The molecule has 1 aliphatic heterocycles. The third-order valence-corrected chi connectivity index (χ3v) is 5.11. The lowest BCUT2D eigenvalue weighted by Gasteiger charge is -2.34. The van der Waals surface area contributed by atoms with Crippen molar-refractivity contribution in [3.05, 3.63) is 77.7 Å². The number of halogens is 1. The Morgan fingerprint density at radius 2 is 1.69 bits per heavy atom. The number of hydrogen-bond acceptors (Lipinski definition) is 6. The van der Waals surface area contributed by atoms with Gasteiger partial charge in [-0.3, -0.25) is 4.90 Å². The van der Waals surface area contributed by atoms with Crippen molar-refractivity contribution in [1.29, 1.82) is 0 Å². The summed E-state index contributed by atoms with van der Waals surface area (Å²) in [5.74, 6) is 1.13. The van der Waals surface area contributed by atoms with Crippen molar-refractivity contribution in [2.75, 3.05) is 42.9 Å². The Bertz CT molecular complexity index is 912. The molecule has 1 aliphatic rings. The number of nitrogens with one attached hydrogen (secondary N) is 1. The van der Waals surface area contributed by atoms with Crippen LogP contribution >= 0.6 is 0 Å². The van der Waals surface area contributed by atoms with E-state index < -0.39 is 0 Å². The second-order valence-corrected chi connectivity index (χ2v) is 7.16. The van der Waals surface area contributed by atoms with Crippen LogP contribution in [0.25, 0.3) is 0 Å². The van der Waals surface area contributed by atoms with Gasteiger partial charge in [-0.05, 0) is 23.6 Å². The number of aromatic nitrogens is 3. The fourth-order valence-corrected chi connectivity index (χ4v) is 3.49. The van der Waals surface area contributed by atoms with Crippen LogP contribution in [0.3, 0.4) is 0 Å². The average molecular weight is 392 g/mol. The van der Waals surface area contributed by atoms with Gasteiger partial charge in [0.1, 0.15) is 5.82 Å². The number of hydrogen-bond donors (Lipinski definition) is 1. The van der Waals surface area contributed by atoms with Crippen molar-refractivity contribution >= 4 is 11.8 Å². The average Bonchev–Trinajstić information content (AvgIpc) is 2.77. The van der Waals surface area contributed by atoms with Crippen LogP contribution in [0.15, 0.2) is 60.8 Å². The molecule has 150 valence electrons. The molecule has 0 atom stereocenters. The second kappa shape index (κ2) is 9.43. The number of benzene rings is 2. The normalized spacial score (nSPS) is 14.7. The van der Waals surface area contributed by atoms with E-state index in [0.29, 0.717) is 30.3 Å². The topological polar surface area (TPSA) is 57.2 Å². The van der Waals surface area contributed by atoms with Gasteiger partial charge in [0.25, 0.3) is 0 Å². The fraction of sp³-hybridized carbons (Fsp3) is 0.318. The van der Waals surface area contributed by atoms with Gasteiger partial charge in [-0.25, -0.2) is 4.39 Å². The molecule has 2 aromatic carbocycles. The summed E-state index contributed by atoms with van der Waals surface area (Å²) in [4.78, 5) is 9.19. The first-order valence-corrected chi connectivity index (χ1v) is 9.96. The zero-order valence-corrected chi connectivity index (χ0v) is 16.3. The van der Waals surface area contributed by atoms with E-state index in [9.17, 15) is 4.39 Å². The quantitative estimate of drug-likeness (QED) is 0.667. The van der Waals surface area contributed by atoms with E-state index in [2.05, 4.69) is 54.6 Å². The molecule has 4 rings (SSSR count). The molecule has 0 radical (unpaired) electrons. The summed E-state index contributed by atoms with van der Waals surface area (Å²) in [6.07, 6.45) is 2.20. The molecule has 2 heterocycles. The molecule has 3 aromatic rings. The molecular weight excluding hydrogens is 367 g/mol. The predicted molar refractivity (Wildman–Crippen MR) is 112 cm³/mol. The van der Waals surface area contributed by atoms with Crippen molar-refractivity contribution in [1.82, 2.24) is 20.1 Å². The van der Waals surface area contributed by atoms with Crippen LogP contribution < -0.4 is 10.2 Å². The fourth-order valence-electron chi connectivity index (χ4n) is 3.49. The maximum Gasteiger partial charge on any atom is 0.247 e. The molecular formula is C22H25FN6. The highest BCUT2D eigenvalue weighted by molar-refractivity contribution is 5.39. The summed E-state index contributed by atoms with van der Waals surface area (Å²) in [6, 6.07) is 17.4. The zero-order chi connectivity index (χ0) is 19.9. The van der Waals surface area contributed by atoms with Crippen molar-refractivity contribution in [2.24, 2.45) is 0 Å². The van der Waals surface area contributed by atoms with E-state index in [0.717, 1.165) is 32.7 Å². The van der Waals surface area contributed by atoms with Gasteiger partial charge in [0, 0.05) is 39.3 Å². The predicted octanol–water partition coefficient (Wildman–Crippen LogP) is 2.99. The highest BCUT2D eigenvalue weighted by Gasteiger charge is 2.19. The molecule has 0 aliphatic carbocycles. The summed E-state index contributed by atoms with van der Waals surface area (Å²) in [7, 11) is 0. The smallest absolute Gasteiger partial charge is 0.247 e. The molecule has 1 N–H and O–H groups in total. The van der Waals surface area contributed by atoms with Crippen molar-refractivity contribution in [3.8, 4) is 0 Å². The van der Waals surface area contributed by atoms with Crippen molar-refractivity contribution in [2.45, 2.75) is 13.0 Å². The Labute approximate surface area is 170 Å². The van der Waals surface area contributed by atoms with Gasteiger partial charge in [0.05, 0.1) is 6.20 Å². The van der Waals surface area contributed by atoms with Gasteiger partial charge in [-0.1, -0.05) is 48.5 Å². The Hall–Kier alpha value is -3.06. The number of anilines is 2. The summed E-state index contributed by atoms with van der Waals surface area (Å²) >= 11 is 0. The zero-order valence-electron chi connectivity index (χ0n) is 16.3. The maximum absolute atomic E-state index is 13.7. The van der Waals surface area contributed by atoms with Gasteiger partial charge < -0.3 is 10.2 Å². The van der Waals surface area contributed by atoms with Crippen LogP contribution in [0.2, 0.25) is 0 Å². The molecule has 1 fully saturated rings. The first kappa shape index (κ1) is 19.3. The Morgan fingerprint density at radius 3 is 2.48 bits per heavy atom. The van der Waals surface area contributed by atoms with Gasteiger partial charge in [-0.2, -0.15) is 10.1 Å². The molecule has 1 saturated heterocycles. The minimum atomic E-state index is -0.177. The standard InChI is InChI=1S/C22H25FN6/c23-20-9-5-4-8-19(20)10-11-24-21-16-25-27-22(26-21)29-14-12-28(13-15-29)17-18-6-2-1-3-7-18/h1-9,16H,10-15,17H2,(H,24,26,27). The van der Waals surface area contributed by atoms with Crippen molar-refractivity contribution < 1.29 is 4.39 Å². The van der Waals surface area contributed by atoms with E-state index in [1.54, 1.807) is 18.3 Å². The van der Waals surface area contributed by atoms with Crippen LogP contribution in [0.5, 0.6) is 0 Å². The van der Waals surface area contributed by atoms with Gasteiger partial charge in [0.15, 0.2) is 5.82 Å². The first-order chi connectivity index (χ1) is 14.3. The van der Waals surface area contributed by atoms with Gasteiger partial charge >= 0.3 is 0 Å². The molecule has 7 heteroatoms. The highest BCUT2D eigenvalue weighted by atomic mass is 19.1. The van der Waals surface area contributed by atoms with Crippen LogP contribution in [-0.2, 0) is 13.0 Å². The molecule has 1 aromatic heterocycles. The minimum Gasteiger partial charge on any atom is -0.368 e. The SMILES string of the molecule is Fc1ccccc1CCNc1cnnc(N2CCN(Cc3ccccc3)CC2)n1. The first-order valence-electron chi connectivity index (χ1n) is 9.96. The van der Waals surface area contributed by atoms with E-state index in [1.165, 1.54) is 11.6 Å². The molecule has 6 nitrogen and oxygen atoms in total. The van der Waals surface area contributed by atoms with Crippen molar-refractivity contribution in [3.63, 3.8) is 0 Å². The molecule has 0 spiro atoms. The number of rotatable bonds is 7. The minimum absolute atomic E-state index is 0.177. The van der Waals surface area contributed by atoms with E-state index in [4.69, 9.17) is 0 Å². The number of nitrogens with zero attached hydrogens (tertiary/aromatic N) is 5. The summed E-state index contributed by atoms with van der Waals surface area (Å²) in [5, 5.41) is 11.5. The second-order valence-electron chi connectivity index (χ2n) is 7.16. The molecule has 0 saturated carbocycles. The lowest BCUT2D eigenvalue weighted by molar-refractivity contribution is 0.248. The van der Waals surface area contributed by atoms with Crippen LogP contribution in [0.1, 0.15) is 11.1 Å². The molecule has 29 heavy (non-hydrogen) atoms. The van der Waals surface area contributed by atoms with E-state index in [1.807, 2.05) is 12.1 Å². The summed E-state index contributed by atoms with van der Waals surface area (Å²) in [6.45, 7) is 5.21. The highest BCUT2D eigenvalue weighted by Crippen LogP contribution is 2.14. The Balaban J connectivity index is 1.28. The van der Waals surface area contributed by atoms with E-state index in [-0.39, 0.29) is 5.82 Å². The van der Waals surface area contributed by atoms with Crippen LogP contribution in [-0.4, -0.2) is 52.8 Å². The molecule has 0 amide bonds. The van der Waals surface area contributed by atoms with E-state index >= 15 is 0 Å². The number of piperazine rings is 1. The maximum atomic E-state index is 13.7. The lowest BCUT2D eigenvalue weighted by atomic mass is 10.1. The molecule has 0 bridgehead atoms. The monoisotopic (exact) mass is 392 g/mol. The van der Waals surface area contributed by atoms with Gasteiger partial charge in [0.2, 0.25) is 5.95 Å². The summed E-state index contributed by atoms with van der Waals surface area (Å²) in [5.41, 5.74) is 2.02. The third kappa shape index (κ3) is 5.26. The Kier molecular flexibility index (Phi) is 6.26. The van der Waals surface area contributed by atoms with Crippen LogP contribution in [0.4, 0.5) is 16.2 Å². The molecule has 0 unspecified atom stereocenters.